The van der Waals surface area contributed by atoms with Crippen molar-refractivity contribution in [2.75, 3.05) is 19.0 Å². The lowest BCUT2D eigenvalue weighted by Gasteiger charge is -2.11. The first kappa shape index (κ1) is 31.1. The number of aryl methyl sites for hydroxylation is 5. The maximum absolute atomic E-state index is 13.8. The number of esters is 1. The van der Waals surface area contributed by atoms with Gasteiger partial charge in [0.15, 0.2) is 0 Å². The number of aromatic nitrogens is 4. The Kier molecular flexibility index (Phi) is 8.99. The van der Waals surface area contributed by atoms with E-state index in [0.29, 0.717) is 35.9 Å². The molecular formula is C33H33Cl2N5O4. The quantitative estimate of drug-likeness (QED) is 0.128. The molecule has 0 aliphatic rings. The molecule has 0 radical (unpaired) electrons. The summed E-state index contributed by atoms with van der Waals surface area (Å²) in [6.45, 7) is 8.25. The summed E-state index contributed by atoms with van der Waals surface area (Å²) in [6.07, 6.45) is 4.03. The van der Waals surface area contributed by atoms with Gasteiger partial charge in [0.1, 0.15) is 11.4 Å². The third-order valence-corrected chi connectivity index (χ3v) is 8.60. The largest absolute Gasteiger partial charge is 0.494 e. The Labute approximate surface area is 265 Å². The average Bonchev–Trinajstić information content (AvgIpc) is 3.49. The van der Waals surface area contributed by atoms with Gasteiger partial charge in [0.05, 0.1) is 47.4 Å². The number of hydrogen-bond acceptors (Lipinski definition) is 6. The second-order valence-electron chi connectivity index (χ2n) is 10.7. The normalized spacial score (nSPS) is 11.2. The highest BCUT2D eigenvalue weighted by Crippen LogP contribution is 2.40. The second kappa shape index (κ2) is 12.7. The lowest BCUT2D eigenvalue weighted by atomic mass is 9.98. The van der Waals surface area contributed by atoms with E-state index in [1.165, 1.54) is 25.6 Å². The zero-order chi connectivity index (χ0) is 31.7. The van der Waals surface area contributed by atoms with Crippen LogP contribution in [0.15, 0.2) is 42.7 Å². The summed E-state index contributed by atoms with van der Waals surface area (Å²) in [5, 5.41) is 9.61. The Bertz CT molecular complexity index is 1890. The standard InChI is InChI=1S/C33H33Cl2N5O4/c1-17-12-23(13-18(2)29(17)35)44-11-7-8-24-25-9-10-26(34)28(27-19(3)39-40(5)20(27)4)30(25)38-31(24)32(41)37-22-14-21(15-36-16-22)33(42)43-6/h9-10,12-16,38H,7-8,11H2,1-6H3,(H,37,41). The minimum Gasteiger partial charge on any atom is -0.494 e. The Morgan fingerprint density at radius 2 is 1.75 bits per heavy atom. The number of methoxy groups -OCH3 is 1. The molecule has 11 heteroatoms. The number of carbonyl (C=O) groups is 2. The van der Waals surface area contributed by atoms with Crippen LogP contribution in [0.5, 0.6) is 5.75 Å². The van der Waals surface area contributed by atoms with Crippen molar-refractivity contribution in [2.45, 2.75) is 40.5 Å². The van der Waals surface area contributed by atoms with Crippen LogP contribution in [0.3, 0.4) is 0 Å². The minimum atomic E-state index is -0.549. The van der Waals surface area contributed by atoms with E-state index < -0.39 is 5.97 Å². The number of H-pyrrole nitrogens is 1. The highest BCUT2D eigenvalue weighted by Gasteiger charge is 2.24. The van der Waals surface area contributed by atoms with Gasteiger partial charge < -0.3 is 19.8 Å². The Balaban J connectivity index is 1.52. The number of aromatic amines is 1. The van der Waals surface area contributed by atoms with Gasteiger partial charge in [0, 0.05) is 40.5 Å². The molecule has 0 bridgehead atoms. The summed E-state index contributed by atoms with van der Waals surface area (Å²) >= 11 is 13.1. The zero-order valence-corrected chi connectivity index (χ0v) is 26.9. The molecule has 5 aromatic rings. The molecule has 0 saturated heterocycles. The Hall–Kier alpha value is -4.34. The maximum atomic E-state index is 13.8. The van der Waals surface area contributed by atoms with E-state index in [0.717, 1.165) is 60.9 Å². The highest BCUT2D eigenvalue weighted by atomic mass is 35.5. The smallest absolute Gasteiger partial charge is 0.339 e. The van der Waals surface area contributed by atoms with Gasteiger partial charge >= 0.3 is 5.97 Å². The molecule has 0 atom stereocenters. The minimum absolute atomic E-state index is 0.226. The van der Waals surface area contributed by atoms with Crippen LogP contribution in [0.25, 0.3) is 22.0 Å². The fourth-order valence-electron chi connectivity index (χ4n) is 5.49. The summed E-state index contributed by atoms with van der Waals surface area (Å²) in [5.74, 6) is -0.185. The molecule has 0 spiro atoms. The molecule has 0 fully saturated rings. The third kappa shape index (κ3) is 6.02. The van der Waals surface area contributed by atoms with Crippen LogP contribution >= 0.6 is 23.2 Å². The van der Waals surface area contributed by atoms with Crippen molar-refractivity contribution < 1.29 is 19.1 Å². The number of amides is 1. The Morgan fingerprint density at radius 1 is 1.02 bits per heavy atom. The van der Waals surface area contributed by atoms with Gasteiger partial charge in [-0.3, -0.25) is 14.5 Å². The predicted octanol–water partition coefficient (Wildman–Crippen LogP) is 7.55. The molecule has 3 aromatic heterocycles. The number of halogens is 2. The summed E-state index contributed by atoms with van der Waals surface area (Å²) in [4.78, 5) is 33.3. The van der Waals surface area contributed by atoms with Crippen LogP contribution in [0.1, 0.15) is 55.3 Å². The number of nitrogens with one attached hydrogen (secondary N) is 2. The van der Waals surface area contributed by atoms with Crippen LogP contribution in [0.4, 0.5) is 5.69 Å². The summed E-state index contributed by atoms with van der Waals surface area (Å²) in [6, 6.07) is 9.14. The molecule has 5 rings (SSSR count). The monoisotopic (exact) mass is 633 g/mol. The lowest BCUT2D eigenvalue weighted by molar-refractivity contribution is 0.0600. The molecule has 0 aliphatic heterocycles. The number of pyridine rings is 1. The summed E-state index contributed by atoms with van der Waals surface area (Å²) in [7, 11) is 3.18. The molecule has 9 nitrogen and oxygen atoms in total. The Morgan fingerprint density at radius 3 is 2.41 bits per heavy atom. The van der Waals surface area contributed by atoms with Crippen LogP contribution in [-0.2, 0) is 18.2 Å². The topological polar surface area (TPSA) is 111 Å². The molecular weight excluding hydrogens is 601 g/mol. The van der Waals surface area contributed by atoms with Crippen molar-refractivity contribution in [2.24, 2.45) is 7.05 Å². The van der Waals surface area contributed by atoms with E-state index >= 15 is 0 Å². The number of hydrogen-bond donors (Lipinski definition) is 2. The van der Waals surface area contributed by atoms with Crippen molar-refractivity contribution in [1.82, 2.24) is 19.7 Å². The van der Waals surface area contributed by atoms with Gasteiger partial charge in [0.25, 0.3) is 5.91 Å². The van der Waals surface area contributed by atoms with E-state index in [-0.39, 0.29) is 11.5 Å². The fourth-order valence-corrected chi connectivity index (χ4v) is 5.85. The number of rotatable bonds is 9. The van der Waals surface area contributed by atoms with E-state index in [1.54, 1.807) is 0 Å². The number of anilines is 1. The predicted molar refractivity (Wildman–Crippen MR) is 173 cm³/mol. The van der Waals surface area contributed by atoms with Crippen LogP contribution in [-0.4, -0.2) is 45.3 Å². The van der Waals surface area contributed by atoms with E-state index in [2.05, 4.69) is 20.4 Å². The fraction of sp³-hybridized carbons (Fsp3) is 0.273. The van der Waals surface area contributed by atoms with Gasteiger partial charge in [-0.25, -0.2) is 4.79 Å². The third-order valence-electron chi connectivity index (χ3n) is 7.68. The number of benzene rings is 2. The first-order valence-electron chi connectivity index (χ1n) is 14.1. The van der Waals surface area contributed by atoms with Gasteiger partial charge in [-0.1, -0.05) is 29.3 Å². The van der Waals surface area contributed by atoms with Crippen LogP contribution < -0.4 is 10.1 Å². The van der Waals surface area contributed by atoms with Crippen molar-refractivity contribution in [3.8, 4) is 16.9 Å². The molecule has 44 heavy (non-hydrogen) atoms. The highest BCUT2D eigenvalue weighted by molar-refractivity contribution is 6.35. The first-order valence-corrected chi connectivity index (χ1v) is 14.8. The van der Waals surface area contributed by atoms with Crippen LogP contribution in [0.2, 0.25) is 10.0 Å². The molecule has 1 amide bonds. The maximum Gasteiger partial charge on any atom is 0.339 e. The molecule has 3 heterocycles. The van der Waals surface area contributed by atoms with Gasteiger partial charge in [-0.05, 0) is 81.5 Å². The number of ether oxygens (including phenoxy) is 2. The summed E-state index contributed by atoms with van der Waals surface area (Å²) in [5.41, 5.74) is 7.90. The van der Waals surface area contributed by atoms with Crippen molar-refractivity contribution in [3.05, 3.63) is 92.1 Å². The number of nitrogens with zero attached hydrogens (tertiary/aromatic N) is 3. The van der Waals surface area contributed by atoms with Crippen molar-refractivity contribution in [3.63, 3.8) is 0 Å². The van der Waals surface area contributed by atoms with Gasteiger partial charge in [-0.15, -0.1) is 0 Å². The number of fused-ring (bicyclic) bond motifs is 1. The SMILES string of the molecule is COC(=O)c1cncc(NC(=O)c2[nH]c3c(-c4c(C)nn(C)c4C)c(Cl)ccc3c2CCCOc2cc(C)c(Cl)c(C)c2)c1. The van der Waals surface area contributed by atoms with Gasteiger partial charge in [-0.2, -0.15) is 5.10 Å². The van der Waals surface area contributed by atoms with E-state index in [1.807, 2.05) is 63.7 Å². The molecule has 228 valence electrons. The van der Waals surface area contributed by atoms with Crippen LogP contribution in [0, 0.1) is 27.7 Å². The molecule has 0 aliphatic carbocycles. The molecule has 2 aromatic carbocycles. The van der Waals surface area contributed by atoms with E-state index in [4.69, 9.17) is 32.7 Å². The van der Waals surface area contributed by atoms with Crippen molar-refractivity contribution >= 4 is 51.7 Å². The second-order valence-corrected chi connectivity index (χ2v) is 11.5. The molecule has 0 unspecified atom stereocenters. The average molecular weight is 635 g/mol. The lowest BCUT2D eigenvalue weighted by Crippen LogP contribution is -2.15. The zero-order valence-electron chi connectivity index (χ0n) is 25.4. The van der Waals surface area contributed by atoms with Gasteiger partial charge in [0.2, 0.25) is 0 Å². The first-order chi connectivity index (χ1) is 21.0. The van der Waals surface area contributed by atoms with Crippen molar-refractivity contribution in [1.29, 1.82) is 0 Å². The molecule has 2 N–H and O–H groups in total. The van der Waals surface area contributed by atoms with E-state index in [9.17, 15) is 9.59 Å². The molecule has 0 saturated carbocycles. The number of carbonyl (C=O) groups excluding carboxylic acids is 2. The summed E-state index contributed by atoms with van der Waals surface area (Å²) < 4.78 is 12.7.